The highest BCUT2D eigenvalue weighted by atomic mass is 28.3. The van der Waals surface area contributed by atoms with Crippen LogP contribution in [0, 0.1) is 0 Å². The van der Waals surface area contributed by atoms with Crippen LogP contribution in [-0.2, 0) is 4.43 Å². The molecule has 2 heteroatoms. The Bertz CT molecular complexity index is 287. The normalized spacial score (nSPS) is 12.5. The van der Waals surface area contributed by atoms with Crippen molar-refractivity contribution >= 4 is 14.2 Å². The van der Waals surface area contributed by atoms with E-state index >= 15 is 0 Å². The largest absolute Gasteiger partial charge is 0.407 e. The molecule has 0 saturated carbocycles. The number of hydrogen-bond acceptors (Lipinski definition) is 1. The monoisotopic (exact) mass is 221 g/mol. The van der Waals surface area contributed by atoms with Crippen LogP contribution >= 0.6 is 0 Å². The summed E-state index contributed by atoms with van der Waals surface area (Å²) >= 11 is 0. The first-order valence-corrected chi connectivity index (χ1v) is 7.00. The predicted molar refractivity (Wildman–Crippen MR) is 67.8 cm³/mol. The highest BCUT2D eigenvalue weighted by Crippen LogP contribution is 2.16. The first-order chi connectivity index (χ1) is 6.90. The van der Waals surface area contributed by atoms with Crippen molar-refractivity contribution in [2.45, 2.75) is 45.8 Å². The molecule has 83 valence electrons. The van der Waals surface area contributed by atoms with Crippen LogP contribution in [0.25, 0.3) is 0 Å². The van der Waals surface area contributed by atoms with E-state index in [1.165, 1.54) is 5.19 Å². The Morgan fingerprint density at radius 3 is 2.00 bits per heavy atom. The Balaban J connectivity index is 2.85. The molecular formula is C13H21OSi. The van der Waals surface area contributed by atoms with Gasteiger partial charge in [-0.2, -0.15) is 0 Å². The molecule has 0 unspecified atom stereocenters. The highest BCUT2D eigenvalue weighted by Gasteiger charge is 2.25. The minimum absolute atomic E-state index is 0.0472. The Hall–Kier alpha value is -0.603. The summed E-state index contributed by atoms with van der Waals surface area (Å²) in [6.45, 7) is 10.9. The molecule has 0 aliphatic carbocycles. The topological polar surface area (TPSA) is 9.23 Å². The average molecular weight is 221 g/mol. The molecule has 0 N–H and O–H groups in total. The van der Waals surface area contributed by atoms with Gasteiger partial charge in [-0.1, -0.05) is 44.2 Å². The third-order valence-corrected chi connectivity index (χ3v) is 4.78. The van der Waals surface area contributed by atoms with Gasteiger partial charge in [-0.25, -0.2) is 0 Å². The summed E-state index contributed by atoms with van der Waals surface area (Å²) in [5, 5.41) is 1.37. The van der Waals surface area contributed by atoms with Crippen molar-refractivity contribution in [2.75, 3.05) is 0 Å². The SMILES string of the molecule is CC(C)[Si](OC(C)(C)C)c1ccccc1. The van der Waals surface area contributed by atoms with E-state index in [1.807, 2.05) is 0 Å². The molecular weight excluding hydrogens is 200 g/mol. The maximum Gasteiger partial charge on any atom is 0.250 e. The van der Waals surface area contributed by atoms with Gasteiger partial charge < -0.3 is 4.43 Å². The average Bonchev–Trinajstić information content (AvgIpc) is 2.14. The van der Waals surface area contributed by atoms with E-state index in [2.05, 4.69) is 65.0 Å². The Labute approximate surface area is 95.2 Å². The third kappa shape index (κ3) is 4.18. The molecule has 0 bridgehead atoms. The van der Waals surface area contributed by atoms with Crippen LogP contribution in [-0.4, -0.2) is 14.6 Å². The fraction of sp³-hybridized carbons (Fsp3) is 0.538. The standard InChI is InChI=1S/C13H21OSi/c1-11(2)15(14-13(3,4)5)12-9-7-6-8-10-12/h6-11H,1-5H3. The summed E-state index contributed by atoms with van der Waals surface area (Å²) in [6.07, 6.45) is 0. The van der Waals surface area contributed by atoms with Gasteiger partial charge in [-0.3, -0.25) is 0 Å². The van der Waals surface area contributed by atoms with Gasteiger partial charge in [-0.15, -0.1) is 0 Å². The van der Waals surface area contributed by atoms with Crippen LogP contribution in [0.5, 0.6) is 0 Å². The molecule has 1 aromatic carbocycles. The van der Waals surface area contributed by atoms with E-state index in [-0.39, 0.29) is 5.60 Å². The molecule has 1 aromatic rings. The second kappa shape index (κ2) is 4.95. The molecule has 0 aromatic heterocycles. The van der Waals surface area contributed by atoms with Crippen molar-refractivity contribution in [1.82, 2.24) is 0 Å². The third-order valence-electron chi connectivity index (χ3n) is 2.00. The summed E-state index contributed by atoms with van der Waals surface area (Å²) in [5.41, 5.74) is 0.547. The molecule has 0 spiro atoms. The van der Waals surface area contributed by atoms with Crippen molar-refractivity contribution < 1.29 is 4.43 Å². The molecule has 0 fully saturated rings. The van der Waals surface area contributed by atoms with Gasteiger partial charge in [0.2, 0.25) is 9.04 Å². The van der Waals surface area contributed by atoms with Gasteiger partial charge in [-0.05, 0) is 31.5 Å². The molecule has 0 amide bonds. The zero-order valence-corrected chi connectivity index (χ0v) is 11.4. The molecule has 0 aliphatic heterocycles. The minimum atomic E-state index is -0.897. The van der Waals surface area contributed by atoms with Crippen molar-refractivity contribution in [2.24, 2.45) is 0 Å². The minimum Gasteiger partial charge on any atom is -0.407 e. The van der Waals surface area contributed by atoms with E-state index in [1.54, 1.807) is 0 Å². The quantitative estimate of drug-likeness (QED) is 0.713. The molecule has 0 saturated heterocycles. The number of hydrogen-bond donors (Lipinski definition) is 0. The van der Waals surface area contributed by atoms with Crippen molar-refractivity contribution in [1.29, 1.82) is 0 Å². The van der Waals surface area contributed by atoms with E-state index in [4.69, 9.17) is 4.43 Å². The van der Waals surface area contributed by atoms with Crippen LogP contribution < -0.4 is 5.19 Å². The van der Waals surface area contributed by atoms with Gasteiger partial charge in [0.15, 0.2) is 0 Å². The van der Waals surface area contributed by atoms with E-state index < -0.39 is 9.04 Å². The van der Waals surface area contributed by atoms with Gasteiger partial charge in [0.25, 0.3) is 0 Å². The molecule has 0 aliphatic rings. The zero-order valence-electron chi connectivity index (χ0n) is 10.4. The molecule has 0 heterocycles. The van der Waals surface area contributed by atoms with E-state index in [0.29, 0.717) is 5.54 Å². The summed E-state index contributed by atoms with van der Waals surface area (Å²) in [7, 11) is -0.897. The fourth-order valence-corrected chi connectivity index (χ4v) is 3.64. The summed E-state index contributed by atoms with van der Waals surface area (Å²) < 4.78 is 6.19. The van der Waals surface area contributed by atoms with Crippen LogP contribution in [0.2, 0.25) is 5.54 Å². The lowest BCUT2D eigenvalue weighted by Gasteiger charge is -2.28. The van der Waals surface area contributed by atoms with Gasteiger partial charge in [0, 0.05) is 5.60 Å². The fourth-order valence-electron chi connectivity index (χ4n) is 1.44. The first kappa shape index (κ1) is 12.5. The van der Waals surface area contributed by atoms with Crippen LogP contribution in [0.4, 0.5) is 0 Å². The molecule has 15 heavy (non-hydrogen) atoms. The second-order valence-corrected chi connectivity index (χ2v) is 7.76. The predicted octanol–water partition coefficient (Wildman–Crippen LogP) is 3.11. The molecule has 1 nitrogen and oxygen atoms in total. The number of rotatable bonds is 3. The Morgan fingerprint density at radius 2 is 1.60 bits per heavy atom. The van der Waals surface area contributed by atoms with E-state index in [9.17, 15) is 0 Å². The lowest BCUT2D eigenvalue weighted by Crippen LogP contribution is -2.42. The lowest BCUT2D eigenvalue weighted by atomic mass is 10.2. The van der Waals surface area contributed by atoms with Gasteiger partial charge in [0.1, 0.15) is 0 Å². The maximum atomic E-state index is 6.19. The first-order valence-electron chi connectivity index (χ1n) is 5.51. The second-order valence-electron chi connectivity index (χ2n) is 5.10. The number of benzene rings is 1. The van der Waals surface area contributed by atoms with Crippen molar-refractivity contribution in [3.8, 4) is 0 Å². The van der Waals surface area contributed by atoms with Crippen LogP contribution in [0.15, 0.2) is 30.3 Å². The molecule has 1 radical (unpaired) electrons. The Kier molecular flexibility index (Phi) is 4.11. The Morgan fingerprint density at radius 1 is 1.07 bits per heavy atom. The summed E-state index contributed by atoms with van der Waals surface area (Å²) in [4.78, 5) is 0. The van der Waals surface area contributed by atoms with Crippen LogP contribution in [0.3, 0.4) is 0 Å². The zero-order chi connectivity index (χ0) is 11.5. The molecule has 0 atom stereocenters. The van der Waals surface area contributed by atoms with Gasteiger partial charge in [0.05, 0.1) is 0 Å². The maximum absolute atomic E-state index is 6.19. The smallest absolute Gasteiger partial charge is 0.250 e. The lowest BCUT2D eigenvalue weighted by molar-refractivity contribution is 0.130. The highest BCUT2D eigenvalue weighted by molar-refractivity contribution is 6.68. The molecule has 1 rings (SSSR count). The van der Waals surface area contributed by atoms with Crippen molar-refractivity contribution in [3.63, 3.8) is 0 Å². The van der Waals surface area contributed by atoms with Crippen LogP contribution in [0.1, 0.15) is 34.6 Å². The van der Waals surface area contributed by atoms with E-state index in [0.717, 1.165) is 0 Å². The van der Waals surface area contributed by atoms with Gasteiger partial charge >= 0.3 is 0 Å². The summed E-state index contributed by atoms with van der Waals surface area (Å²) in [6, 6.07) is 10.6. The van der Waals surface area contributed by atoms with Crippen molar-refractivity contribution in [3.05, 3.63) is 30.3 Å². The summed E-state index contributed by atoms with van der Waals surface area (Å²) in [5.74, 6) is 0.